The highest BCUT2D eigenvalue weighted by atomic mass is 19.1. The third-order valence-corrected chi connectivity index (χ3v) is 5.08. The molecular formula is C22H23FN6O. The molecule has 8 heteroatoms. The van der Waals surface area contributed by atoms with Crippen molar-refractivity contribution in [3.8, 4) is 11.5 Å². The summed E-state index contributed by atoms with van der Waals surface area (Å²) in [6, 6.07) is 10.4. The lowest BCUT2D eigenvalue weighted by Gasteiger charge is -2.13. The molecule has 0 spiro atoms. The fourth-order valence-corrected chi connectivity index (χ4v) is 3.69. The molecule has 0 aliphatic carbocycles. The topological polar surface area (TPSA) is 69.7 Å². The number of aryl methyl sites for hydroxylation is 5. The molecule has 0 unspecified atom stereocenters. The molecule has 30 heavy (non-hydrogen) atoms. The molecule has 3 aromatic heterocycles. The number of halogens is 1. The number of amides is 1. The monoisotopic (exact) mass is 406 g/mol. The van der Waals surface area contributed by atoms with Crippen LogP contribution in [-0.2, 0) is 7.05 Å². The van der Waals surface area contributed by atoms with E-state index in [0.717, 1.165) is 22.8 Å². The van der Waals surface area contributed by atoms with Crippen molar-refractivity contribution in [2.24, 2.45) is 7.05 Å². The Morgan fingerprint density at radius 2 is 1.70 bits per heavy atom. The fraction of sp³-hybridized carbons (Fsp3) is 0.227. The Hall–Kier alpha value is -3.68. The lowest BCUT2D eigenvalue weighted by atomic mass is 10.2. The van der Waals surface area contributed by atoms with E-state index in [0.29, 0.717) is 22.8 Å². The van der Waals surface area contributed by atoms with Crippen LogP contribution >= 0.6 is 0 Å². The van der Waals surface area contributed by atoms with Gasteiger partial charge in [-0.1, -0.05) is 0 Å². The summed E-state index contributed by atoms with van der Waals surface area (Å²) in [6.45, 7) is 7.66. The molecule has 0 bridgehead atoms. The third-order valence-electron chi connectivity index (χ3n) is 5.08. The lowest BCUT2D eigenvalue weighted by Crippen LogP contribution is -2.16. The Morgan fingerprint density at radius 1 is 1.00 bits per heavy atom. The van der Waals surface area contributed by atoms with Crippen LogP contribution in [0.25, 0.3) is 11.5 Å². The molecule has 0 saturated carbocycles. The van der Waals surface area contributed by atoms with Gasteiger partial charge in [-0.2, -0.15) is 10.2 Å². The average molecular weight is 406 g/mol. The largest absolute Gasteiger partial charge is 0.322 e. The van der Waals surface area contributed by atoms with Gasteiger partial charge in [-0.25, -0.2) is 9.07 Å². The van der Waals surface area contributed by atoms with Gasteiger partial charge in [0.1, 0.15) is 17.1 Å². The normalized spacial score (nSPS) is 11.1. The van der Waals surface area contributed by atoms with E-state index in [4.69, 9.17) is 0 Å². The second-order valence-electron chi connectivity index (χ2n) is 7.42. The van der Waals surface area contributed by atoms with E-state index in [2.05, 4.69) is 15.5 Å². The van der Waals surface area contributed by atoms with Crippen LogP contribution in [0.2, 0.25) is 0 Å². The van der Waals surface area contributed by atoms with Crippen molar-refractivity contribution in [3.05, 3.63) is 76.8 Å². The Kier molecular flexibility index (Phi) is 4.77. The van der Waals surface area contributed by atoms with Gasteiger partial charge >= 0.3 is 0 Å². The highest BCUT2D eigenvalue weighted by molar-refractivity contribution is 6.06. The van der Waals surface area contributed by atoms with Crippen molar-refractivity contribution < 1.29 is 9.18 Å². The minimum atomic E-state index is -0.470. The number of hydrogen-bond acceptors (Lipinski definition) is 3. The first-order valence-electron chi connectivity index (χ1n) is 9.58. The molecule has 0 fully saturated rings. The van der Waals surface area contributed by atoms with E-state index >= 15 is 0 Å². The Morgan fingerprint density at radius 3 is 2.30 bits per heavy atom. The first-order valence-corrected chi connectivity index (χ1v) is 9.58. The smallest absolute Gasteiger partial charge is 0.261 e. The number of carbonyl (C=O) groups is 1. The van der Waals surface area contributed by atoms with E-state index in [9.17, 15) is 9.18 Å². The lowest BCUT2D eigenvalue weighted by molar-refractivity contribution is 0.102. The van der Waals surface area contributed by atoms with Crippen LogP contribution in [0.15, 0.2) is 42.6 Å². The SMILES string of the molecule is Cc1cc(C)n(-c2ccc(NC(=O)c3cnn(C)c3-n3c(C)ccc3C)cc2F)n1. The van der Waals surface area contributed by atoms with Crippen LogP contribution in [0.4, 0.5) is 10.1 Å². The molecule has 0 aliphatic rings. The van der Waals surface area contributed by atoms with E-state index in [1.165, 1.54) is 12.3 Å². The van der Waals surface area contributed by atoms with Crippen molar-refractivity contribution in [3.63, 3.8) is 0 Å². The highest BCUT2D eigenvalue weighted by Gasteiger charge is 2.20. The van der Waals surface area contributed by atoms with E-state index < -0.39 is 5.82 Å². The molecule has 1 N–H and O–H groups in total. The van der Waals surface area contributed by atoms with Gasteiger partial charge in [-0.3, -0.25) is 9.48 Å². The Balaban J connectivity index is 1.65. The number of nitrogens with one attached hydrogen (secondary N) is 1. The van der Waals surface area contributed by atoms with Crippen molar-refractivity contribution >= 4 is 11.6 Å². The predicted molar refractivity (Wildman–Crippen MR) is 113 cm³/mol. The van der Waals surface area contributed by atoms with Crippen LogP contribution in [0.1, 0.15) is 33.1 Å². The van der Waals surface area contributed by atoms with Gasteiger partial charge in [0.05, 0.1) is 11.9 Å². The maximum Gasteiger partial charge on any atom is 0.261 e. The van der Waals surface area contributed by atoms with Crippen molar-refractivity contribution in [1.29, 1.82) is 0 Å². The van der Waals surface area contributed by atoms with Crippen molar-refractivity contribution in [1.82, 2.24) is 24.1 Å². The number of aromatic nitrogens is 5. The summed E-state index contributed by atoms with van der Waals surface area (Å²) in [5.41, 5.74) is 4.72. The molecule has 0 aliphatic heterocycles. The summed E-state index contributed by atoms with van der Waals surface area (Å²) >= 11 is 0. The molecule has 4 aromatic rings. The van der Waals surface area contributed by atoms with E-state index in [-0.39, 0.29) is 5.91 Å². The van der Waals surface area contributed by atoms with Crippen LogP contribution in [0, 0.1) is 33.5 Å². The number of anilines is 1. The molecule has 4 rings (SSSR count). The zero-order valence-corrected chi connectivity index (χ0v) is 17.6. The van der Waals surface area contributed by atoms with Gasteiger partial charge in [0.2, 0.25) is 0 Å². The molecule has 154 valence electrons. The van der Waals surface area contributed by atoms with Crippen molar-refractivity contribution in [2.45, 2.75) is 27.7 Å². The summed E-state index contributed by atoms with van der Waals surface area (Å²) in [4.78, 5) is 13.0. The number of nitrogens with zero attached hydrogens (tertiary/aromatic N) is 5. The molecule has 3 heterocycles. The van der Waals surface area contributed by atoms with Crippen LogP contribution in [0.5, 0.6) is 0 Å². The van der Waals surface area contributed by atoms with Gasteiger partial charge in [-0.15, -0.1) is 0 Å². The number of carbonyl (C=O) groups excluding carboxylic acids is 1. The summed E-state index contributed by atoms with van der Waals surface area (Å²) < 4.78 is 19.9. The minimum Gasteiger partial charge on any atom is -0.322 e. The minimum absolute atomic E-state index is 0.333. The second-order valence-corrected chi connectivity index (χ2v) is 7.42. The summed E-state index contributed by atoms with van der Waals surface area (Å²) in [6.07, 6.45) is 1.52. The van der Waals surface area contributed by atoms with Crippen LogP contribution in [-0.4, -0.2) is 30.0 Å². The second kappa shape index (κ2) is 7.29. The third kappa shape index (κ3) is 3.30. The molecule has 7 nitrogen and oxygen atoms in total. The maximum atomic E-state index is 14.8. The molecule has 1 aromatic carbocycles. The molecular weight excluding hydrogens is 383 g/mol. The Bertz CT molecular complexity index is 1240. The van der Waals surface area contributed by atoms with Crippen LogP contribution < -0.4 is 5.32 Å². The van der Waals surface area contributed by atoms with Crippen molar-refractivity contribution in [2.75, 3.05) is 5.32 Å². The number of rotatable bonds is 4. The summed E-state index contributed by atoms with van der Waals surface area (Å²) in [7, 11) is 1.79. The first kappa shape index (κ1) is 19.6. The standard InChI is InChI=1S/C22H23FN6O/c1-13-10-16(4)29(26-13)20-9-8-17(11-19(20)23)25-21(30)18-12-24-27(5)22(18)28-14(2)6-7-15(28)3/h6-12H,1-5H3,(H,25,30). The molecule has 1 amide bonds. The van der Waals surface area contributed by atoms with Gasteiger partial charge in [0.25, 0.3) is 5.91 Å². The van der Waals surface area contributed by atoms with E-state index in [1.54, 1.807) is 28.5 Å². The number of benzene rings is 1. The van der Waals surface area contributed by atoms with Gasteiger partial charge in [-0.05, 0) is 64.1 Å². The number of hydrogen-bond donors (Lipinski definition) is 1. The quantitative estimate of drug-likeness (QED) is 0.556. The predicted octanol–water partition coefficient (Wildman–Crippen LogP) is 4.02. The van der Waals surface area contributed by atoms with Gasteiger partial charge < -0.3 is 9.88 Å². The van der Waals surface area contributed by atoms with Gasteiger partial charge in [0, 0.05) is 29.8 Å². The van der Waals surface area contributed by atoms with Gasteiger partial charge in [0.15, 0.2) is 5.82 Å². The zero-order valence-electron chi connectivity index (χ0n) is 17.6. The summed E-state index contributed by atoms with van der Waals surface area (Å²) in [5.74, 6) is -0.168. The molecule has 0 atom stereocenters. The summed E-state index contributed by atoms with van der Waals surface area (Å²) in [5, 5.41) is 11.3. The average Bonchev–Trinajstić information content (AvgIpc) is 3.32. The maximum absolute atomic E-state index is 14.8. The van der Waals surface area contributed by atoms with Crippen LogP contribution in [0.3, 0.4) is 0 Å². The highest BCUT2D eigenvalue weighted by Crippen LogP contribution is 2.23. The first-order chi connectivity index (χ1) is 14.3. The van der Waals surface area contributed by atoms with E-state index in [1.807, 2.05) is 50.5 Å². The Labute approximate surface area is 173 Å². The zero-order chi connectivity index (χ0) is 21.6. The molecule has 0 saturated heterocycles. The molecule has 0 radical (unpaired) electrons. The fourth-order valence-electron chi connectivity index (χ4n) is 3.69.